The third-order valence-electron chi connectivity index (χ3n) is 4.03. The fourth-order valence-electron chi connectivity index (χ4n) is 2.87. The number of imide groups is 1. The molecule has 2 unspecified atom stereocenters. The van der Waals surface area contributed by atoms with E-state index in [1.165, 1.54) is 4.90 Å². The molecule has 106 valence electrons. The average Bonchev–Trinajstić information content (AvgIpc) is 2.95. The van der Waals surface area contributed by atoms with Gasteiger partial charge in [-0.1, -0.05) is 6.42 Å². The molecule has 1 heterocycles. The molecule has 2 rings (SSSR count). The zero-order valence-electron chi connectivity index (χ0n) is 11.1. The number of nitrogens with zero attached hydrogens (tertiary/aromatic N) is 1. The first kappa shape index (κ1) is 14.0. The first-order chi connectivity index (χ1) is 9.11. The average molecular weight is 267 g/mol. The normalized spacial score (nSPS) is 27.1. The van der Waals surface area contributed by atoms with Gasteiger partial charge in [0.05, 0.1) is 0 Å². The zero-order chi connectivity index (χ0) is 13.8. The molecule has 6 nitrogen and oxygen atoms in total. The second kappa shape index (κ2) is 6.14. The third-order valence-corrected chi connectivity index (χ3v) is 4.03. The van der Waals surface area contributed by atoms with Crippen LogP contribution in [0.5, 0.6) is 0 Å². The Balaban J connectivity index is 1.75. The fourth-order valence-corrected chi connectivity index (χ4v) is 2.87. The first-order valence-electron chi connectivity index (χ1n) is 6.94. The molecule has 0 bridgehead atoms. The Morgan fingerprint density at radius 3 is 2.58 bits per heavy atom. The molecule has 6 heteroatoms. The number of hydrogen-bond donors (Lipinski definition) is 2. The second-order valence-corrected chi connectivity index (χ2v) is 5.29. The predicted molar refractivity (Wildman–Crippen MR) is 68.9 cm³/mol. The van der Waals surface area contributed by atoms with Crippen LogP contribution in [0.3, 0.4) is 0 Å². The molecule has 0 spiro atoms. The Hall–Kier alpha value is -1.43. The molecule has 2 fully saturated rings. The highest BCUT2D eigenvalue weighted by Gasteiger charge is 2.30. The number of amides is 3. The topological polar surface area (TPSA) is 92.5 Å². The van der Waals surface area contributed by atoms with Crippen molar-refractivity contribution in [1.82, 2.24) is 10.2 Å². The number of nitrogens with one attached hydrogen (secondary N) is 1. The van der Waals surface area contributed by atoms with Crippen molar-refractivity contribution < 1.29 is 14.4 Å². The third kappa shape index (κ3) is 3.32. The van der Waals surface area contributed by atoms with Gasteiger partial charge in [0.1, 0.15) is 0 Å². The Morgan fingerprint density at radius 2 is 1.95 bits per heavy atom. The lowest BCUT2D eigenvalue weighted by atomic mass is 10.0. The summed E-state index contributed by atoms with van der Waals surface area (Å²) in [6.07, 6.45) is 3.86. The van der Waals surface area contributed by atoms with Crippen molar-refractivity contribution in [2.75, 3.05) is 13.1 Å². The van der Waals surface area contributed by atoms with Gasteiger partial charge in [-0.2, -0.15) is 0 Å². The van der Waals surface area contributed by atoms with Crippen LogP contribution in [0.25, 0.3) is 0 Å². The number of rotatable bonds is 5. The highest BCUT2D eigenvalue weighted by Crippen LogP contribution is 2.24. The predicted octanol–water partition coefficient (Wildman–Crippen LogP) is -0.231. The lowest BCUT2D eigenvalue weighted by molar-refractivity contribution is -0.138. The maximum absolute atomic E-state index is 11.8. The van der Waals surface area contributed by atoms with Crippen LogP contribution in [0.4, 0.5) is 0 Å². The Morgan fingerprint density at radius 1 is 1.26 bits per heavy atom. The van der Waals surface area contributed by atoms with Crippen molar-refractivity contribution in [1.29, 1.82) is 0 Å². The van der Waals surface area contributed by atoms with Crippen LogP contribution in [0.1, 0.15) is 38.5 Å². The maximum atomic E-state index is 11.8. The van der Waals surface area contributed by atoms with Crippen LogP contribution in [-0.4, -0.2) is 41.8 Å². The summed E-state index contributed by atoms with van der Waals surface area (Å²) in [7, 11) is 0. The van der Waals surface area contributed by atoms with Gasteiger partial charge >= 0.3 is 0 Å². The SMILES string of the molecule is NCC1CCCC1NC(=O)CCN1C(=O)CCC1=O. The largest absolute Gasteiger partial charge is 0.353 e. The minimum absolute atomic E-state index is 0.0992. The van der Waals surface area contributed by atoms with Crippen LogP contribution in [-0.2, 0) is 14.4 Å². The molecular weight excluding hydrogens is 246 g/mol. The van der Waals surface area contributed by atoms with Gasteiger partial charge in [0.2, 0.25) is 17.7 Å². The monoisotopic (exact) mass is 267 g/mol. The minimum atomic E-state index is -0.168. The Kier molecular flexibility index (Phi) is 4.52. The summed E-state index contributed by atoms with van der Waals surface area (Å²) < 4.78 is 0. The molecule has 19 heavy (non-hydrogen) atoms. The van der Waals surface area contributed by atoms with Gasteiger partial charge in [-0.15, -0.1) is 0 Å². The molecule has 1 aliphatic heterocycles. The lowest BCUT2D eigenvalue weighted by Crippen LogP contribution is -2.41. The maximum Gasteiger partial charge on any atom is 0.229 e. The lowest BCUT2D eigenvalue weighted by Gasteiger charge is -2.20. The number of nitrogens with two attached hydrogens (primary N) is 1. The Bertz CT molecular complexity index is 367. The molecular formula is C13H21N3O3. The van der Waals surface area contributed by atoms with Gasteiger partial charge in [-0.3, -0.25) is 19.3 Å². The van der Waals surface area contributed by atoms with Crippen molar-refractivity contribution in [3.8, 4) is 0 Å². The Labute approximate surface area is 112 Å². The standard InChI is InChI=1S/C13H21N3O3/c14-8-9-2-1-3-10(9)15-11(17)6-7-16-12(18)4-5-13(16)19/h9-10H,1-8,14H2,(H,15,17). The van der Waals surface area contributed by atoms with Crippen molar-refractivity contribution in [3.05, 3.63) is 0 Å². The second-order valence-electron chi connectivity index (χ2n) is 5.29. The van der Waals surface area contributed by atoms with Crippen molar-refractivity contribution in [2.45, 2.75) is 44.6 Å². The highest BCUT2D eigenvalue weighted by molar-refractivity contribution is 6.02. The van der Waals surface area contributed by atoms with Gasteiger partial charge in [-0.05, 0) is 25.3 Å². The van der Waals surface area contributed by atoms with Crippen molar-refractivity contribution in [3.63, 3.8) is 0 Å². The summed E-state index contributed by atoms with van der Waals surface area (Å²) in [6.45, 7) is 0.789. The number of carbonyl (C=O) groups excluding carboxylic acids is 3. The summed E-state index contributed by atoms with van der Waals surface area (Å²) in [5.74, 6) is -0.0751. The van der Waals surface area contributed by atoms with Gasteiger partial charge in [-0.25, -0.2) is 0 Å². The summed E-state index contributed by atoms with van der Waals surface area (Å²) in [6, 6.07) is 0.155. The smallest absolute Gasteiger partial charge is 0.229 e. The summed E-state index contributed by atoms with van der Waals surface area (Å²) in [4.78, 5) is 35.8. The van der Waals surface area contributed by atoms with E-state index in [1.807, 2.05) is 0 Å². The van der Waals surface area contributed by atoms with E-state index >= 15 is 0 Å². The van der Waals surface area contributed by atoms with Gasteiger partial charge in [0.15, 0.2) is 0 Å². The molecule has 3 N–H and O–H groups in total. The molecule has 0 aromatic carbocycles. The van der Waals surface area contributed by atoms with E-state index in [2.05, 4.69) is 5.32 Å². The van der Waals surface area contributed by atoms with Crippen LogP contribution in [0.15, 0.2) is 0 Å². The first-order valence-corrected chi connectivity index (χ1v) is 6.94. The molecule has 3 amide bonds. The molecule has 0 aromatic heterocycles. The van der Waals surface area contributed by atoms with Gasteiger partial charge in [0, 0.05) is 31.8 Å². The number of likely N-dealkylation sites (tertiary alicyclic amines) is 1. The van der Waals surface area contributed by atoms with Crippen LogP contribution in [0.2, 0.25) is 0 Å². The number of carbonyl (C=O) groups is 3. The van der Waals surface area contributed by atoms with Gasteiger partial charge in [0.25, 0.3) is 0 Å². The van der Waals surface area contributed by atoms with E-state index in [0.29, 0.717) is 12.5 Å². The molecule has 2 aliphatic rings. The fraction of sp³-hybridized carbons (Fsp3) is 0.769. The highest BCUT2D eigenvalue weighted by atomic mass is 16.2. The van der Waals surface area contributed by atoms with E-state index in [9.17, 15) is 14.4 Å². The molecule has 1 aliphatic carbocycles. The molecule has 2 atom stereocenters. The molecule has 1 saturated carbocycles. The zero-order valence-corrected chi connectivity index (χ0v) is 11.1. The molecule has 0 radical (unpaired) electrons. The van der Waals surface area contributed by atoms with E-state index in [0.717, 1.165) is 19.3 Å². The summed E-state index contributed by atoms with van der Waals surface area (Å²) in [5.41, 5.74) is 5.66. The van der Waals surface area contributed by atoms with E-state index < -0.39 is 0 Å². The summed E-state index contributed by atoms with van der Waals surface area (Å²) >= 11 is 0. The van der Waals surface area contributed by atoms with Crippen molar-refractivity contribution in [2.24, 2.45) is 11.7 Å². The van der Waals surface area contributed by atoms with Gasteiger partial charge < -0.3 is 11.1 Å². The van der Waals surface area contributed by atoms with Crippen LogP contribution in [0, 0.1) is 5.92 Å². The quantitative estimate of drug-likeness (QED) is 0.673. The van der Waals surface area contributed by atoms with Crippen LogP contribution >= 0.6 is 0 Å². The van der Waals surface area contributed by atoms with E-state index in [1.54, 1.807) is 0 Å². The number of hydrogen-bond acceptors (Lipinski definition) is 4. The van der Waals surface area contributed by atoms with E-state index in [-0.39, 0.29) is 49.6 Å². The minimum Gasteiger partial charge on any atom is -0.353 e. The molecule has 0 aromatic rings. The van der Waals surface area contributed by atoms with Crippen LogP contribution < -0.4 is 11.1 Å². The van der Waals surface area contributed by atoms with Crippen molar-refractivity contribution >= 4 is 17.7 Å². The summed E-state index contributed by atoms with van der Waals surface area (Å²) in [5, 5.41) is 2.97. The van der Waals surface area contributed by atoms with E-state index in [4.69, 9.17) is 5.73 Å². The molecule has 1 saturated heterocycles.